The molecule has 0 amide bonds. The van der Waals surface area contributed by atoms with Gasteiger partial charge in [-0.05, 0) is 45.2 Å². The van der Waals surface area contributed by atoms with Gasteiger partial charge in [-0.3, -0.25) is 0 Å². The van der Waals surface area contributed by atoms with Crippen molar-refractivity contribution >= 4 is 10.0 Å². The zero-order valence-corrected chi connectivity index (χ0v) is 13.0. The van der Waals surface area contributed by atoms with Crippen LogP contribution >= 0.6 is 0 Å². The third-order valence-corrected chi connectivity index (χ3v) is 4.95. The predicted molar refractivity (Wildman–Crippen MR) is 78.0 cm³/mol. The number of aromatic nitrogens is 2. The highest BCUT2D eigenvalue weighted by molar-refractivity contribution is 7.89. The summed E-state index contributed by atoms with van der Waals surface area (Å²) in [6.07, 6.45) is 4.76. The third kappa shape index (κ3) is 3.80. The molecule has 2 N–H and O–H groups in total. The fraction of sp³-hybridized carbons (Fsp3) is 0.769. The average molecular weight is 300 g/mol. The first kappa shape index (κ1) is 15.5. The quantitative estimate of drug-likeness (QED) is 0.818. The number of piperidine rings is 1. The Balaban J connectivity index is 2.00. The summed E-state index contributed by atoms with van der Waals surface area (Å²) in [5.41, 5.74) is 0. The van der Waals surface area contributed by atoms with Crippen molar-refractivity contribution in [2.24, 2.45) is 5.92 Å². The second kappa shape index (κ2) is 6.69. The van der Waals surface area contributed by atoms with Crippen molar-refractivity contribution in [3.05, 3.63) is 12.0 Å². The summed E-state index contributed by atoms with van der Waals surface area (Å²) in [4.78, 5) is 4.16. The molecule has 1 aliphatic heterocycles. The molecule has 1 aromatic rings. The zero-order chi connectivity index (χ0) is 14.6. The van der Waals surface area contributed by atoms with Crippen LogP contribution in [0.3, 0.4) is 0 Å². The molecule has 114 valence electrons. The number of nitrogens with zero attached hydrogens (tertiary/aromatic N) is 2. The molecule has 1 fully saturated rings. The molecule has 7 heteroatoms. The summed E-state index contributed by atoms with van der Waals surface area (Å²) in [5.74, 6) is 1.11. The Morgan fingerprint density at radius 1 is 1.55 bits per heavy atom. The molecule has 1 aromatic heterocycles. The van der Waals surface area contributed by atoms with Gasteiger partial charge in [-0.2, -0.15) is 0 Å². The first-order chi connectivity index (χ1) is 9.53. The number of aryl methyl sites for hydroxylation is 2. The minimum atomic E-state index is -3.49. The summed E-state index contributed by atoms with van der Waals surface area (Å²) in [6.45, 7) is 7.08. The lowest BCUT2D eigenvalue weighted by atomic mass is 10.0. The summed E-state index contributed by atoms with van der Waals surface area (Å²) in [6, 6.07) is 0. The number of rotatable bonds is 6. The molecule has 2 rings (SSSR count). The van der Waals surface area contributed by atoms with Crippen molar-refractivity contribution in [2.45, 2.75) is 44.7 Å². The molecule has 20 heavy (non-hydrogen) atoms. The fourth-order valence-corrected chi connectivity index (χ4v) is 3.60. The first-order valence-corrected chi connectivity index (χ1v) is 8.75. The SMILES string of the molecule is CCCn1cc(S(=O)(=O)NCC2CCCNC2)nc1C. The van der Waals surface area contributed by atoms with E-state index in [4.69, 9.17) is 0 Å². The van der Waals surface area contributed by atoms with Crippen molar-refractivity contribution in [1.82, 2.24) is 19.6 Å². The maximum absolute atomic E-state index is 12.2. The third-order valence-electron chi connectivity index (χ3n) is 3.65. The predicted octanol–water partition coefficient (Wildman–Crippen LogP) is 0.879. The van der Waals surface area contributed by atoms with Crippen LogP contribution in [0, 0.1) is 12.8 Å². The van der Waals surface area contributed by atoms with Crippen molar-refractivity contribution < 1.29 is 8.42 Å². The molecule has 0 bridgehead atoms. The van der Waals surface area contributed by atoms with Crippen LogP contribution in [0.2, 0.25) is 0 Å². The highest BCUT2D eigenvalue weighted by Crippen LogP contribution is 2.12. The minimum absolute atomic E-state index is 0.132. The van der Waals surface area contributed by atoms with Crippen LogP contribution in [-0.2, 0) is 16.6 Å². The highest BCUT2D eigenvalue weighted by atomic mass is 32.2. The topological polar surface area (TPSA) is 76.0 Å². The summed E-state index contributed by atoms with van der Waals surface area (Å²) in [7, 11) is -3.49. The second-order valence-electron chi connectivity index (χ2n) is 5.38. The fourth-order valence-electron chi connectivity index (χ4n) is 2.48. The average Bonchev–Trinajstić information content (AvgIpc) is 2.81. The van der Waals surface area contributed by atoms with Crippen LogP contribution in [0.25, 0.3) is 0 Å². The standard InChI is InChI=1S/C13H24N4O2S/c1-3-7-17-10-13(16-11(17)2)20(18,19)15-9-12-5-4-6-14-8-12/h10,12,14-15H,3-9H2,1-2H3. The van der Waals surface area contributed by atoms with Crippen molar-refractivity contribution in [1.29, 1.82) is 0 Å². The van der Waals surface area contributed by atoms with Crippen LogP contribution in [0.15, 0.2) is 11.2 Å². The van der Waals surface area contributed by atoms with Crippen LogP contribution in [-0.4, -0.2) is 37.6 Å². The van der Waals surface area contributed by atoms with E-state index < -0.39 is 10.0 Å². The molecular formula is C13H24N4O2S. The van der Waals surface area contributed by atoms with Crippen LogP contribution in [0.4, 0.5) is 0 Å². The lowest BCUT2D eigenvalue weighted by Gasteiger charge is -2.22. The first-order valence-electron chi connectivity index (χ1n) is 7.27. The maximum atomic E-state index is 12.2. The van der Waals surface area contributed by atoms with Gasteiger partial charge in [0, 0.05) is 19.3 Å². The Bertz CT molecular complexity index is 533. The maximum Gasteiger partial charge on any atom is 0.259 e. The lowest BCUT2D eigenvalue weighted by molar-refractivity contribution is 0.375. The number of imidazole rings is 1. The number of hydrogen-bond acceptors (Lipinski definition) is 4. The molecule has 0 aromatic carbocycles. The lowest BCUT2D eigenvalue weighted by Crippen LogP contribution is -2.38. The molecule has 1 saturated heterocycles. The molecule has 2 heterocycles. The van der Waals surface area contributed by atoms with E-state index in [0.717, 1.165) is 44.7 Å². The summed E-state index contributed by atoms with van der Waals surface area (Å²) >= 11 is 0. The van der Waals surface area contributed by atoms with E-state index >= 15 is 0 Å². The van der Waals surface area contributed by atoms with Gasteiger partial charge in [-0.15, -0.1) is 0 Å². The smallest absolute Gasteiger partial charge is 0.259 e. The zero-order valence-electron chi connectivity index (χ0n) is 12.2. The molecular weight excluding hydrogens is 276 g/mol. The van der Waals surface area contributed by atoms with E-state index in [-0.39, 0.29) is 5.03 Å². The van der Waals surface area contributed by atoms with E-state index in [9.17, 15) is 8.42 Å². The van der Waals surface area contributed by atoms with Crippen molar-refractivity contribution in [2.75, 3.05) is 19.6 Å². The largest absolute Gasteiger partial charge is 0.334 e. The van der Waals surface area contributed by atoms with Gasteiger partial charge in [0.15, 0.2) is 5.03 Å². The van der Waals surface area contributed by atoms with Gasteiger partial charge in [0.1, 0.15) is 5.82 Å². The Labute approximate surface area is 121 Å². The Morgan fingerprint density at radius 3 is 3.00 bits per heavy atom. The van der Waals surface area contributed by atoms with E-state index in [1.807, 2.05) is 11.5 Å². The molecule has 1 unspecified atom stereocenters. The highest BCUT2D eigenvalue weighted by Gasteiger charge is 2.21. The molecule has 6 nitrogen and oxygen atoms in total. The molecule has 1 aliphatic rings. The van der Waals surface area contributed by atoms with E-state index in [2.05, 4.69) is 21.9 Å². The normalized spacial score (nSPS) is 20.2. The molecule has 1 atom stereocenters. The van der Waals surface area contributed by atoms with E-state index in [1.54, 1.807) is 6.20 Å². The number of nitrogens with one attached hydrogen (secondary N) is 2. The van der Waals surface area contributed by atoms with Crippen LogP contribution in [0.1, 0.15) is 32.0 Å². The Kier molecular flexibility index (Phi) is 5.17. The number of hydrogen-bond donors (Lipinski definition) is 2. The molecule has 0 radical (unpaired) electrons. The van der Waals surface area contributed by atoms with Crippen LogP contribution in [0.5, 0.6) is 0 Å². The van der Waals surface area contributed by atoms with Gasteiger partial charge in [0.25, 0.3) is 10.0 Å². The summed E-state index contributed by atoms with van der Waals surface area (Å²) in [5, 5.41) is 3.42. The van der Waals surface area contributed by atoms with Gasteiger partial charge in [-0.1, -0.05) is 6.92 Å². The molecule has 0 aliphatic carbocycles. The minimum Gasteiger partial charge on any atom is -0.334 e. The Hall–Kier alpha value is -0.920. The van der Waals surface area contributed by atoms with Gasteiger partial charge >= 0.3 is 0 Å². The molecule has 0 spiro atoms. The van der Waals surface area contributed by atoms with Gasteiger partial charge in [0.2, 0.25) is 0 Å². The van der Waals surface area contributed by atoms with Crippen molar-refractivity contribution in [3.63, 3.8) is 0 Å². The monoisotopic (exact) mass is 300 g/mol. The van der Waals surface area contributed by atoms with Crippen molar-refractivity contribution in [3.8, 4) is 0 Å². The summed E-state index contributed by atoms with van der Waals surface area (Å²) < 4.78 is 29.0. The van der Waals surface area contributed by atoms with E-state index in [0.29, 0.717) is 12.5 Å². The molecule has 0 saturated carbocycles. The van der Waals surface area contributed by atoms with Gasteiger partial charge in [0.05, 0.1) is 0 Å². The van der Waals surface area contributed by atoms with E-state index in [1.165, 1.54) is 0 Å². The Morgan fingerprint density at radius 2 is 2.35 bits per heavy atom. The van der Waals surface area contributed by atoms with Gasteiger partial charge < -0.3 is 9.88 Å². The second-order valence-corrected chi connectivity index (χ2v) is 7.10. The number of sulfonamides is 1. The van der Waals surface area contributed by atoms with Crippen LogP contribution < -0.4 is 10.0 Å². The van der Waals surface area contributed by atoms with Gasteiger partial charge in [-0.25, -0.2) is 18.1 Å².